The molecule has 0 aliphatic heterocycles. The van der Waals surface area contributed by atoms with Gasteiger partial charge in [-0.1, -0.05) is 58.0 Å². The number of ether oxygens (including phenoxy) is 4. The van der Waals surface area contributed by atoms with E-state index in [0.29, 0.717) is 58.8 Å². The van der Waals surface area contributed by atoms with Crippen molar-refractivity contribution < 1.29 is 42.9 Å². The van der Waals surface area contributed by atoms with E-state index in [1.54, 1.807) is 0 Å². The summed E-state index contributed by atoms with van der Waals surface area (Å²) in [6.07, 6.45) is 0.237. The number of nitrogens with one attached hydrogen (secondary N) is 6. The van der Waals surface area contributed by atoms with E-state index >= 15 is 0 Å². The van der Waals surface area contributed by atoms with Crippen LogP contribution in [0.3, 0.4) is 0 Å². The Kier molecular flexibility index (Phi) is 24.1. The largest absolute Gasteiger partial charge is 0.379 e. The molecule has 0 spiro atoms. The predicted octanol–water partition coefficient (Wildman–Crippen LogP) is -0.711. The number of hydrogen-bond donors (Lipinski definition) is 6. The van der Waals surface area contributed by atoms with Gasteiger partial charge in [-0.05, 0) is 11.5 Å². The van der Waals surface area contributed by atoms with E-state index in [1.165, 1.54) is 0 Å². The molecule has 0 bridgehead atoms. The van der Waals surface area contributed by atoms with Gasteiger partial charge < -0.3 is 50.8 Å². The van der Waals surface area contributed by atoms with Crippen LogP contribution in [0, 0.1) is 5.92 Å². The molecule has 48 heavy (non-hydrogen) atoms. The van der Waals surface area contributed by atoms with Crippen LogP contribution in [0.15, 0.2) is 30.3 Å². The minimum atomic E-state index is -0.972. The van der Waals surface area contributed by atoms with Crippen molar-refractivity contribution in [2.75, 3.05) is 85.6 Å². The first-order valence-electron chi connectivity index (χ1n) is 16.5. The van der Waals surface area contributed by atoms with Gasteiger partial charge in [0.1, 0.15) is 6.04 Å². The van der Waals surface area contributed by atoms with Crippen LogP contribution in [0.5, 0.6) is 0 Å². The third kappa shape index (κ3) is 24.5. The summed E-state index contributed by atoms with van der Waals surface area (Å²) in [5.41, 5.74) is 0.804. The van der Waals surface area contributed by atoms with E-state index in [2.05, 4.69) is 45.7 Å². The summed E-state index contributed by atoms with van der Waals surface area (Å²) in [7, 11) is 0. The molecule has 1 rings (SSSR count). The molecule has 0 radical (unpaired) electrons. The fraction of sp³-hybridized carbons (Fsp3) is 0.667. The topological polar surface area (TPSA) is 194 Å². The maximum absolute atomic E-state index is 12.8. The van der Waals surface area contributed by atoms with Crippen molar-refractivity contribution in [2.45, 2.75) is 52.6 Å². The maximum Gasteiger partial charge on any atom is 0.243 e. The molecule has 0 aromatic heterocycles. The zero-order chi connectivity index (χ0) is 35.4. The number of carbonyl (C=O) groups excluding carboxylic acids is 5. The van der Waals surface area contributed by atoms with Gasteiger partial charge in [0.25, 0.3) is 0 Å². The highest BCUT2D eigenvalue weighted by Gasteiger charge is 2.22. The molecule has 5 amide bonds. The van der Waals surface area contributed by atoms with Crippen molar-refractivity contribution in [3.05, 3.63) is 35.9 Å². The second kappa shape index (κ2) is 27.3. The maximum atomic E-state index is 12.8. The third-order valence-electron chi connectivity index (χ3n) is 6.35. The Hall–Kier alpha value is -3.63. The molecule has 15 nitrogen and oxygen atoms in total. The second-order valence-corrected chi connectivity index (χ2v) is 11.6. The van der Waals surface area contributed by atoms with Gasteiger partial charge in [-0.15, -0.1) is 0 Å². The first kappa shape index (κ1) is 42.4. The highest BCUT2D eigenvalue weighted by atomic mass is 16.6. The molecule has 0 heterocycles. The Labute approximate surface area is 284 Å². The quantitative estimate of drug-likeness (QED) is 0.0616. The van der Waals surface area contributed by atoms with Crippen molar-refractivity contribution in [1.29, 1.82) is 0 Å². The second-order valence-electron chi connectivity index (χ2n) is 11.6. The van der Waals surface area contributed by atoms with Crippen LogP contribution in [0.4, 0.5) is 0 Å². The summed E-state index contributed by atoms with van der Waals surface area (Å²) in [5, 5.41) is 16.0. The molecular formula is C33H56N6O9. The van der Waals surface area contributed by atoms with E-state index in [1.807, 2.05) is 44.2 Å². The summed E-state index contributed by atoms with van der Waals surface area (Å²) in [6, 6.07) is 8.55. The molecule has 0 unspecified atom stereocenters. The van der Waals surface area contributed by atoms with Crippen LogP contribution >= 0.6 is 0 Å². The van der Waals surface area contributed by atoms with E-state index < -0.39 is 30.3 Å². The molecule has 1 aromatic rings. The summed E-state index contributed by atoms with van der Waals surface area (Å²) >= 11 is 0. The summed E-state index contributed by atoms with van der Waals surface area (Å²) in [5.74, 6) is -2.17. The molecule has 272 valence electrons. The minimum absolute atomic E-state index is 0.0509. The van der Waals surface area contributed by atoms with Gasteiger partial charge in [0.15, 0.2) is 0 Å². The average Bonchev–Trinajstić information content (AvgIpc) is 3.06. The normalized spacial score (nSPS) is 11.6. The summed E-state index contributed by atoms with van der Waals surface area (Å²) in [6.45, 7) is 11.8. The van der Waals surface area contributed by atoms with Gasteiger partial charge in [0.2, 0.25) is 29.5 Å². The van der Waals surface area contributed by atoms with Crippen molar-refractivity contribution in [3.8, 4) is 0 Å². The zero-order valence-electron chi connectivity index (χ0n) is 28.9. The van der Waals surface area contributed by atoms with Crippen LogP contribution in [0.1, 0.15) is 39.7 Å². The molecule has 1 atom stereocenters. The van der Waals surface area contributed by atoms with Crippen molar-refractivity contribution in [3.63, 3.8) is 0 Å². The van der Waals surface area contributed by atoms with Gasteiger partial charge in [-0.25, -0.2) is 0 Å². The Morgan fingerprint density at radius 1 is 0.604 bits per heavy atom. The van der Waals surface area contributed by atoms with Gasteiger partial charge in [0.05, 0.1) is 72.5 Å². The Balaban J connectivity index is 2.19. The minimum Gasteiger partial charge on any atom is -0.379 e. The van der Waals surface area contributed by atoms with Gasteiger partial charge in [-0.3, -0.25) is 24.0 Å². The van der Waals surface area contributed by atoms with Gasteiger partial charge in [0, 0.05) is 32.0 Å². The lowest BCUT2D eigenvalue weighted by atomic mass is 10.1. The highest BCUT2D eigenvalue weighted by Crippen LogP contribution is 2.04. The van der Waals surface area contributed by atoms with Gasteiger partial charge >= 0.3 is 0 Å². The average molecular weight is 681 g/mol. The monoisotopic (exact) mass is 680 g/mol. The third-order valence-corrected chi connectivity index (χ3v) is 6.35. The highest BCUT2D eigenvalue weighted by molar-refractivity contribution is 5.92. The lowest BCUT2D eigenvalue weighted by Gasteiger charge is -2.19. The molecule has 0 saturated carbocycles. The SMILES string of the molecule is CC(C)CNC(=O)CNC(=O)[C@H](Cc1ccccc1)NC(=O)CNC(=O)CNC(=O)CCOCCOCCOCCOCCNC(C)C. The Morgan fingerprint density at radius 2 is 1.12 bits per heavy atom. The van der Waals surface area contributed by atoms with Crippen LogP contribution in [0.2, 0.25) is 0 Å². The predicted molar refractivity (Wildman–Crippen MR) is 180 cm³/mol. The van der Waals surface area contributed by atoms with Crippen LogP contribution in [-0.4, -0.2) is 127 Å². The van der Waals surface area contributed by atoms with Crippen LogP contribution < -0.4 is 31.9 Å². The first-order valence-corrected chi connectivity index (χ1v) is 16.5. The molecular weight excluding hydrogens is 624 g/mol. The number of carbonyl (C=O) groups is 5. The van der Waals surface area contributed by atoms with Crippen molar-refractivity contribution >= 4 is 29.5 Å². The lowest BCUT2D eigenvalue weighted by molar-refractivity contribution is -0.131. The van der Waals surface area contributed by atoms with Crippen LogP contribution in [0.25, 0.3) is 0 Å². The zero-order valence-corrected chi connectivity index (χ0v) is 28.9. The summed E-state index contributed by atoms with van der Waals surface area (Å²) in [4.78, 5) is 61.6. The fourth-order valence-corrected chi connectivity index (χ4v) is 3.83. The number of amides is 5. The molecule has 6 N–H and O–H groups in total. The number of benzene rings is 1. The first-order chi connectivity index (χ1) is 23.1. The van der Waals surface area contributed by atoms with E-state index in [0.717, 1.165) is 12.1 Å². The fourth-order valence-electron chi connectivity index (χ4n) is 3.83. The Bertz CT molecular complexity index is 1060. The summed E-state index contributed by atoms with van der Waals surface area (Å²) < 4.78 is 21.7. The number of hydrogen-bond acceptors (Lipinski definition) is 10. The standard InChI is InChI=1S/C33H56N6O9/c1-25(2)21-35-31(42)23-38-33(44)28(20-27-8-6-5-7-9-27)39-32(43)24-37-30(41)22-36-29(40)10-12-45-14-16-47-18-19-48-17-15-46-13-11-34-26(3)4/h5-9,25-26,28,34H,10-24H2,1-4H3,(H,35,42)(H,36,40)(H,37,41)(H,38,44)(H,39,43)/t28-/m0/s1. The smallest absolute Gasteiger partial charge is 0.243 e. The molecule has 0 aliphatic carbocycles. The molecule has 0 fully saturated rings. The van der Waals surface area contributed by atoms with Crippen LogP contribution in [-0.2, 0) is 49.3 Å². The van der Waals surface area contributed by atoms with Crippen molar-refractivity contribution in [2.24, 2.45) is 5.92 Å². The Morgan fingerprint density at radius 3 is 1.73 bits per heavy atom. The van der Waals surface area contributed by atoms with Crippen molar-refractivity contribution in [1.82, 2.24) is 31.9 Å². The number of rotatable bonds is 28. The molecule has 15 heteroatoms. The van der Waals surface area contributed by atoms with E-state index in [-0.39, 0.29) is 50.3 Å². The molecule has 0 aliphatic rings. The van der Waals surface area contributed by atoms with E-state index in [9.17, 15) is 24.0 Å². The molecule has 1 aromatic carbocycles. The molecule has 0 saturated heterocycles. The lowest BCUT2D eigenvalue weighted by Crippen LogP contribution is -2.52. The van der Waals surface area contributed by atoms with E-state index in [4.69, 9.17) is 18.9 Å². The van der Waals surface area contributed by atoms with Gasteiger partial charge in [-0.2, -0.15) is 0 Å².